The van der Waals surface area contributed by atoms with Crippen molar-refractivity contribution in [2.24, 2.45) is 0 Å². The fourth-order valence-corrected chi connectivity index (χ4v) is 3.16. The Labute approximate surface area is 134 Å². The first-order chi connectivity index (χ1) is 9.65. The first kappa shape index (κ1) is 13.6. The molecule has 102 valence electrons. The van der Waals surface area contributed by atoms with Crippen molar-refractivity contribution in [1.82, 2.24) is 9.97 Å². The van der Waals surface area contributed by atoms with Crippen molar-refractivity contribution in [3.8, 4) is 0 Å². The van der Waals surface area contributed by atoms with Gasteiger partial charge in [0, 0.05) is 21.2 Å². The molecule has 0 radical (unpaired) electrons. The zero-order valence-corrected chi connectivity index (χ0v) is 14.0. The Morgan fingerprint density at radius 3 is 2.60 bits per heavy atom. The zero-order valence-electron chi connectivity index (χ0n) is 11.1. The molecule has 0 aliphatic heterocycles. The Hall–Kier alpha value is -1.41. The van der Waals surface area contributed by atoms with E-state index in [9.17, 15) is 0 Å². The van der Waals surface area contributed by atoms with Crippen molar-refractivity contribution in [2.75, 3.05) is 17.7 Å². The lowest BCUT2D eigenvalue weighted by atomic mass is 10.3. The SMILES string of the molecule is CNc1nc(Nc2ccc(I)cc2)c2cc(C)sc2n1. The largest absolute Gasteiger partial charge is 0.357 e. The number of rotatable bonds is 3. The van der Waals surface area contributed by atoms with Crippen LogP contribution < -0.4 is 10.6 Å². The lowest BCUT2D eigenvalue weighted by Crippen LogP contribution is -2.00. The Morgan fingerprint density at radius 1 is 1.15 bits per heavy atom. The van der Waals surface area contributed by atoms with Gasteiger partial charge in [0.1, 0.15) is 10.6 Å². The molecule has 1 aromatic carbocycles. The normalized spacial score (nSPS) is 10.8. The van der Waals surface area contributed by atoms with Crippen LogP contribution in [-0.2, 0) is 0 Å². The third kappa shape index (κ3) is 2.71. The highest BCUT2D eigenvalue weighted by molar-refractivity contribution is 14.1. The standard InChI is InChI=1S/C14H13IN4S/c1-8-7-11-12(17-10-5-3-9(15)4-6-10)18-14(16-2)19-13(11)20-8/h3-7H,1-2H3,(H2,16,17,18,19). The summed E-state index contributed by atoms with van der Waals surface area (Å²) in [6.07, 6.45) is 0. The van der Waals surface area contributed by atoms with Crippen LogP contribution in [0.5, 0.6) is 0 Å². The molecule has 0 bridgehead atoms. The van der Waals surface area contributed by atoms with Crippen molar-refractivity contribution in [2.45, 2.75) is 6.92 Å². The highest BCUT2D eigenvalue weighted by Gasteiger charge is 2.10. The Morgan fingerprint density at radius 2 is 1.90 bits per heavy atom. The number of nitrogens with zero attached hydrogens (tertiary/aromatic N) is 2. The molecule has 0 fully saturated rings. The van der Waals surface area contributed by atoms with E-state index in [1.165, 1.54) is 8.45 Å². The predicted molar refractivity (Wildman–Crippen MR) is 94.1 cm³/mol. The van der Waals surface area contributed by atoms with Gasteiger partial charge in [-0.3, -0.25) is 0 Å². The van der Waals surface area contributed by atoms with Crippen LogP contribution in [-0.4, -0.2) is 17.0 Å². The van der Waals surface area contributed by atoms with Gasteiger partial charge in [-0.2, -0.15) is 4.98 Å². The van der Waals surface area contributed by atoms with Crippen molar-refractivity contribution < 1.29 is 0 Å². The molecule has 3 aromatic rings. The van der Waals surface area contributed by atoms with Crippen LogP contribution in [0.4, 0.5) is 17.5 Å². The average Bonchev–Trinajstić information content (AvgIpc) is 2.81. The first-order valence-electron chi connectivity index (χ1n) is 6.14. The Bertz CT molecular complexity index is 752. The van der Waals surface area contributed by atoms with Crippen molar-refractivity contribution in [1.29, 1.82) is 0 Å². The summed E-state index contributed by atoms with van der Waals surface area (Å²) in [5.74, 6) is 1.47. The molecule has 0 aliphatic rings. The van der Waals surface area contributed by atoms with E-state index in [4.69, 9.17) is 0 Å². The van der Waals surface area contributed by atoms with Crippen LogP contribution in [0.1, 0.15) is 4.88 Å². The third-order valence-electron chi connectivity index (χ3n) is 2.85. The number of anilines is 3. The highest BCUT2D eigenvalue weighted by atomic mass is 127. The minimum Gasteiger partial charge on any atom is -0.357 e. The lowest BCUT2D eigenvalue weighted by Gasteiger charge is -2.08. The van der Waals surface area contributed by atoms with Gasteiger partial charge in [0.2, 0.25) is 5.95 Å². The van der Waals surface area contributed by atoms with E-state index in [1.807, 2.05) is 19.2 Å². The van der Waals surface area contributed by atoms with Gasteiger partial charge >= 0.3 is 0 Å². The molecule has 6 heteroatoms. The van der Waals surface area contributed by atoms with Crippen molar-refractivity contribution in [3.63, 3.8) is 0 Å². The zero-order chi connectivity index (χ0) is 14.1. The quantitative estimate of drug-likeness (QED) is 0.645. The topological polar surface area (TPSA) is 49.8 Å². The summed E-state index contributed by atoms with van der Waals surface area (Å²) < 4.78 is 1.21. The van der Waals surface area contributed by atoms with E-state index in [1.54, 1.807) is 11.3 Å². The molecule has 2 heterocycles. The Kier molecular flexibility index (Phi) is 3.75. The number of thiophene rings is 1. The average molecular weight is 396 g/mol. The molecule has 2 N–H and O–H groups in total. The van der Waals surface area contributed by atoms with E-state index in [0.29, 0.717) is 5.95 Å². The van der Waals surface area contributed by atoms with E-state index >= 15 is 0 Å². The summed E-state index contributed by atoms with van der Waals surface area (Å²) in [5.41, 5.74) is 1.02. The summed E-state index contributed by atoms with van der Waals surface area (Å²) in [7, 11) is 1.83. The molecule has 0 unspecified atom stereocenters. The molecule has 3 rings (SSSR count). The molecule has 0 spiro atoms. The first-order valence-corrected chi connectivity index (χ1v) is 8.04. The van der Waals surface area contributed by atoms with E-state index < -0.39 is 0 Å². The summed E-state index contributed by atoms with van der Waals surface area (Å²) in [6.45, 7) is 2.08. The third-order valence-corrected chi connectivity index (χ3v) is 4.51. The van der Waals surface area contributed by atoms with E-state index in [2.05, 4.69) is 68.3 Å². The van der Waals surface area contributed by atoms with Gasteiger partial charge in [0.05, 0.1) is 5.39 Å². The fourth-order valence-electron chi connectivity index (χ4n) is 1.92. The lowest BCUT2D eigenvalue weighted by molar-refractivity contribution is 1.20. The smallest absolute Gasteiger partial charge is 0.225 e. The van der Waals surface area contributed by atoms with Gasteiger partial charge in [0.25, 0.3) is 0 Å². The number of halogens is 1. The number of aromatic nitrogens is 2. The maximum atomic E-state index is 4.52. The van der Waals surface area contributed by atoms with Crippen LogP contribution >= 0.6 is 33.9 Å². The molecule has 4 nitrogen and oxygen atoms in total. The summed E-state index contributed by atoms with van der Waals surface area (Å²) in [5, 5.41) is 7.44. The molecule has 0 saturated carbocycles. The number of aryl methyl sites for hydroxylation is 1. The molecule has 20 heavy (non-hydrogen) atoms. The number of hydrogen-bond acceptors (Lipinski definition) is 5. The molecule has 0 saturated heterocycles. The van der Waals surface area contributed by atoms with E-state index in [0.717, 1.165) is 21.7 Å². The van der Waals surface area contributed by atoms with Gasteiger partial charge in [-0.15, -0.1) is 11.3 Å². The molecule has 0 atom stereocenters. The van der Waals surface area contributed by atoms with Crippen molar-refractivity contribution in [3.05, 3.63) is 38.8 Å². The van der Waals surface area contributed by atoms with Gasteiger partial charge in [-0.25, -0.2) is 4.98 Å². The van der Waals surface area contributed by atoms with Gasteiger partial charge in [-0.1, -0.05) is 0 Å². The maximum Gasteiger partial charge on any atom is 0.225 e. The van der Waals surface area contributed by atoms with E-state index in [-0.39, 0.29) is 0 Å². The van der Waals surface area contributed by atoms with Gasteiger partial charge in [0.15, 0.2) is 0 Å². The fraction of sp³-hybridized carbons (Fsp3) is 0.143. The predicted octanol–water partition coefficient (Wildman–Crippen LogP) is 4.39. The number of benzene rings is 1. The number of nitrogens with one attached hydrogen (secondary N) is 2. The second-order valence-corrected chi connectivity index (χ2v) is 6.83. The molecular weight excluding hydrogens is 383 g/mol. The summed E-state index contributed by atoms with van der Waals surface area (Å²) in [6, 6.07) is 10.4. The number of fused-ring (bicyclic) bond motifs is 1. The number of hydrogen-bond donors (Lipinski definition) is 2. The molecular formula is C14H13IN4S. The van der Waals surface area contributed by atoms with Crippen LogP contribution in [0.25, 0.3) is 10.2 Å². The van der Waals surface area contributed by atoms with Gasteiger partial charge < -0.3 is 10.6 Å². The summed E-state index contributed by atoms with van der Waals surface area (Å²) in [4.78, 5) is 11.2. The van der Waals surface area contributed by atoms with Crippen LogP contribution in [0.2, 0.25) is 0 Å². The Balaban J connectivity index is 2.06. The molecule has 0 amide bonds. The second kappa shape index (κ2) is 5.53. The second-order valence-electron chi connectivity index (χ2n) is 4.35. The maximum absolute atomic E-state index is 4.52. The molecule has 0 aliphatic carbocycles. The van der Waals surface area contributed by atoms with Crippen LogP contribution in [0.15, 0.2) is 30.3 Å². The van der Waals surface area contributed by atoms with Crippen LogP contribution in [0.3, 0.4) is 0 Å². The van der Waals surface area contributed by atoms with Gasteiger partial charge in [-0.05, 0) is 59.8 Å². The highest BCUT2D eigenvalue weighted by Crippen LogP contribution is 2.31. The summed E-state index contributed by atoms with van der Waals surface area (Å²) >= 11 is 3.97. The molecule has 2 aromatic heterocycles. The minimum atomic E-state index is 0.632. The van der Waals surface area contributed by atoms with Crippen LogP contribution in [0, 0.1) is 10.5 Å². The van der Waals surface area contributed by atoms with Crippen molar-refractivity contribution >= 4 is 61.6 Å². The monoisotopic (exact) mass is 396 g/mol. The minimum absolute atomic E-state index is 0.632.